The maximum atomic E-state index is 12.2. The Morgan fingerprint density at radius 3 is 2.95 bits per heavy atom. The van der Waals surface area contributed by atoms with Gasteiger partial charge in [-0.05, 0) is 48.8 Å². The van der Waals surface area contributed by atoms with Crippen molar-refractivity contribution < 1.29 is 9.90 Å². The Morgan fingerprint density at radius 1 is 1.48 bits per heavy atom. The third-order valence-corrected chi connectivity index (χ3v) is 5.67. The maximum Gasteiger partial charge on any atom is 0.261 e. The number of carbonyl (C=O) groups excluding carboxylic acids is 1. The fourth-order valence-electron chi connectivity index (χ4n) is 2.19. The minimum atomic E-state index is 0.0107. The van der Waals surface area contributed by atoms with E-state index in [-0.39, 0.29) is 12.5 Å². The number of carbonyl (C=O) groups is 1. The Hall–Kier alpha value is -0.960. The predicted molar refractivity (Wildman–Crippen MR) is 90.0 cm³/mol. The molecule has 0 unspecified atom stereocenters. The molecule has 5 heteroatoms. The van der Waals surface area contributed by atoms with Crippen molar-refractivity contribution in [3.05, 3.63) is 21.4 Å². The Kier molecular flexibility index (Phi) is 6.62. The van der Waals surface area contributed by atoms with Crippen LogP contribution >= 0.6 is 23.1 Å². The van der Waals surface area contributed by atoms with Crippen LogP contribution in [0, 0.1) is 24.7 Å². The average molecular weight is 323 g/mol. The zero-order valence-electron chi connectivity index (χ0n) is 12.3. The molecule has 0 aromatic carbocycles. The molecule has 0 bridgehead atoms. The van der Waals surface area contributed by atoms with E-state index in [1.807, 2.05) is 24.8 Å². The van der Waals surface area contributed by atoms with E-state index in [9.17, 15) is 4.79 Å². The van der Waals surface area contributed by atoms with Gasteiger partial charge in [0, 0.05) is 13.0 Å². The standard InChI is InChI=1S/C16H21NO2S2/c1-12-10-15(21-14(12)4-2-3-7-18)16(19)17-11-13-5-8-20-9-6-13/h10,13,18H,3,5-9,11H2,1H3,(H,17,19). The fraction of sp³-hybridized carbons (Fsp3) is 0.562. The summed E-state index contributed by atoms with van der Waals surface area (Å²) >= 11 is 3.43. The summed E-state index contributed by atoms with van der Waals surface area (Å²) in [6, 6.07) is 1.90. The van der Waals surface area contributed by atoms with Crippen LogP contribution in [0.4, 0.5) is 0 Å². The number of hydrogen-bond donors (Lipinski definition) is 2. The van der Waals surface area contributed by atoms with Crippen molar-refractivity contribution in [3.63, 3.8) is 0 Å². The second-order valence-corrected chi connectivity index (χ2v) is 7.44. The molecule has 1 fully saturated rings. The van der Waals surface area contributed by atoms with Crippen LogP contribution in [0.5, 0.6) is 0 Å². The van der Waals surface area contributed by atoms with Crippen molar-refractivity contribution in [2.45, 2.75) is 26.2 Å². The van der Waals surface area contributed by atoms with Crippen LogP contribution in [-0.4, -0.2) is 35.7 Å². The molecule has 1 aromatic heterocycles. The highest BCUT2D eigenvalue weighted by Crippen LogP contribution is 2.23. The second-order valence-electron chi connectivity index (χ2n) is 5.16. The molecule has 114 valence electrons. The first-order chi connectivity index (χ1) is 10.2. The van der Waals surface area contributed by atoms with E-state index in [4.69, 9.17) is 5.11 Å². The molecule has 1 saturated heterocycles. The van der Waals surface area contributed by atoms with E-state index < -0.39 is 0 Å². The van der Waals surface area contributed by atoms with Crippen LogP contribution in [0.25, 0.3) is 0 Å². The minimum Gasteiger partial charge on any atom is -0.395 e. The number of aliphatic hydroxyl groups excluding tert-OH is 1. The fourth-order valence-corrected chi connectivity index (χ4v) is 4.36. The van der Waals surface area contributed by atoms with Gasteiger partial charge in [-0.1, -0.05) is 11.8 Å². The smallest absolute Gasteiger partial charge is 0.261 e. The lowest BCUT2D eigenvalue weighted by Gasteiger charge is -2.21. The van der Waals surface area contributed by atoms with Crippen LogP contribution in [0.15, 0.2) is 6.07 Å². The first kappa shape index (κ1) is 16.4. The molecule has 0 radical (unpaired) electrons. The molecule has 21 heavy (non-hydrogen) atoms. The van der Waals surface area contributed by atoms with Crippen LogP contribution < -0.4 is 5.32 Å². The van der Waals surface area contributed by atoms with Crippen LogP contribution in [0.2, 0.25) is 0 Å². The average Bonchev–Trinajstić information content (AvgIpc) is 2.87. The SMILES string of the molecule is Cc1cc(C(=O)NCC2CCSCC2)sc1C#CCCO. The summed E-state index contributed by atoms with van der Waals surface area (Å²) in [5.74, 6) is 8.98. The molecule has 1 aliphatic rings. The lowest BCUT2D eigenvalue weighted by Crippen LogP contribution is -2.30. The molecule has 1 amide bonds. The number of amides is 1. The van der Waals surface area contributed by atoms with Crippen molar-refractivity contribution in [2.24, 2.45) is 5.92 Å². The van der Waals surface area contributed by atoms with Gasteiger partial charge in [0.05, 0.1) is 16.4 Å². The molecule has 3 nitrogen and oxygen atoms in total. The van der Waals surface area contributed by atoms with Crippen molar-refractivity contribution >= 4 is 29.0 Å². The van der Waals surface area contributed by atoms with Crippen LogP contribution in [0.1, 0.15) is 39.4 Å². The highest BCUT2D eigenvalue weighted by atomic mass is 32.2. The number of aryl methyl sites for hydroxylation is 1. The summed E-state index contributed by atoms with van der Waals surface area (Å²) in [5.41, 5.74) is 1.03. The summed E-state index contributed by atoms with van der Waals surface area (Å²) in [7, 11) is 0. The van der Waals surface area contributed by atoms with E-state index >= 15 is 0 Å². The van der Waals surface area contributed by atoms with Gasteiger partial charge in [-0.15, -0.1) is 11.3 Å². The molecule has 0 aliphatic carbocycles. The monoisotopic (exact) mass is 323 g/mol. The molecule has 1 aliphatic heterocycles. The summed E-state index contributed by atoms with van der Waals surface area (Å²) in [6.07, 6.45) is 2.87. The van der Waals surface area contributed by atoms with E-state index in [1.54, 1.807) is 0 Å². The number of rotatable bonds is 4. The quantitative estimate of drug-likeness (QED) is 0.838. The second kappa shape index (κ2) is 8.47. The lowest BCUT2D eigenvalue weighted by molar-refractivity contribution is 0.0950. The van der Waals surface area contributed by atoms with E-state index in [0.29, 0.717) is 12.3 Å². The zero-order chi connectivity index (χ0) is 15.1. The summed E-state index contributed by atoms with van der Waals surface area (Å²) in [6.45, 7) is 2.82. The van der Waals surface area contributed by atoms with Gasteiger partial charge >= 0.3 is 0 Å². The highest BCUT2D eigenvalue weighted by Gasteiger charge is 2.16. The molecule has 0 saturated carbocycles. The Morgan fingerprint density at radius 2 is 2.24 bits per heavy atom. The van der Waals surface area contributed by atoms with E-state index in [0.717, 1.165) is 21.9 Å². The first-order valence-electron chi connectivity index (χ1n) is 7.27. The van der Waals surface area contributed by atoms with Gasteiger partial charge in [0.15, 0.2) is 0 Å². The normalized spacial score (nSPS) is 15.3. The van der Waals surface area contributed by atoms with Crippen molar-refractivity contribution in [1.29, 1.82) is 0 Å². The van der Waals surface area contributed by atoms with Gasteiger partial charge in [0.25, 0.3) is 5.91 Å². The zero-order valence-corrected chi connectivity index (χ0v) is 13.9. The molecule has 1 aromatic rings. The highest BCUT2D eigenvalue weighted by molar-refractivity contribution is 7.99. The third-order valence-electron chi connectivity index (χ3n) is 3.47. The summed E-state index contributed by atoms with van der Waals surface area (Å²) < 4.78 is 0. The topological polar surface area (TPSA) is 49.3 Å². The molecule has 2 N–H and O–H groups in total. The molecular weight excluding hydrogens is 302 g/mol. The van der Waals surface area contributed by atoms with Gasteiger partial charge < -0.3 is 10.4 Å². The molecule has 0 atom stereocenters. The van der Waals surface area contributed by atoms with Crippen LogP contribution in [0.3, 0.4) is 0 Å². The first-order valence-corrected chi connectivity index (χ1v) is 9.24. The Labute approximate surface area is 134 Å². The van der Waals surface area contributed by atoms with Crippen molar-refractivity contribution in [2.75, 3.05) is 24.7 Å². The molecule has 2 heterocycles. The molecular formula is C16H21NO2S2. The van der Waals surface area contributed by atoms with Crippen molar-refractivity contribution in [1.82, 2.24) is 5.32 Å². The largest absolute Gasteiger partial charge is 0.395 e. The minimum absolute atomic E-state index is 0.0107. The predicted octanol–water partition coefficient (Wildman–Crippen LogP) is 2.66. The summed E-state index contributed by atoms with van der Waals surface area (Å²) in [5, 5.41) is 11.8. The van der Waals surface area contributed by atoms with Gasteiger partial charge in [-0.2, -0.15) is 11.8 Å². The Bertz CT molecular complexity index is 536. The van der Waals surface area contributed by atoms with Gasteiger partial charge in [0.2, 0.25) is 0 Å². The Balaban J connectivity index is 1.90. The van der Waals surface area contributed by atoms with Gasteiger partial charge in [-0.3, -0.25) is 4.79 Å². The molecule has 0 spiro atoms. The number of thiophene rings is 1. The van der Waals surface area contributed by atoms with Crippen molar-refractivity contribution in [3.8, 4) is 11.8 Å². The summed E-state index contributed by atoms with van der Waals surface area (Å²) in [4.78, 5) is 13.8. The number of thioether (sulfide) groups is 1. The van der Waals surface area contributed by atoms with E-state index in [1.165, 1.54) is 35.7 Å². The molecule has 2 rings (SSSR count). The third kappa shape index (κ3) is 5.06. The van der Waals surface area contributed by atoms with E-state index in [2.05, 4.69) is 17.2 Å². The maximum absolute atomic E-state index is 12.2. The number of hydrogen-bond acceptors (Lipinski definition) is 4. The lowest BCUT2D eigenvalue weighted by atomic mass is 10.0. The van der Waals surface area contributed by atoms with Gasteiger partial charge in [0.1, 0.15) is 0 Å². The van der Waals surface area contributed by atoms with Crippen LogP contribution in [-0.2, 0) is 0 Å². The number of nitrogens with one attached hydrogen (secondary N) is 1. The van der Waals surface area contributed by atoms with Gasteiger partial charge in [-0.25, -0.2) is 0 Å². The number of aliphatic hydroxyl groups is 1.